The van der Waals surface area contributed by atoms with Crippen LogP contribution in [0.25, 0.3) is 0 Å². The molecule has 0 saturated heterocycles. The molecule has 5 heteroatoms. The van der Waals surface area contributed by atoms with Crippen LogP contribution in [0.3, 0.4) is 0 Å². The molecule has 0 bridgehead atoms. The van der Waals surface area contributed by atoms with Crippen molar-refractivity contribution in [2.75, 3.05) is 13.2 Å². The van der Waals surface area contributed by atoms with E-state index in [9.17, 15) is 0 Å². The molecule has 0 aliphatic heterocycles. The summed E-state index contributed by atoms with van der Waals surface area (Å²) in [6, 6.07) is 8.35. The molecule has 0 amide bonds. The fourth-order valence-electron chi connectivity index (χ4n) is 2.29. The number of ether oxygens (including phenoxy) is 1. The van der Waals surface area contributed by atoms with Crippen molar-refractivity contribution in [3.63, 3.8) is 0 Å². The second-order valence-electron chi connectivity index (χ2n) is 5.24. The third kappa shape index (κ3) is 4.56. The van der Waals surface area contributed by atoms with Crippen LogP contribution in [0, 0.1) is 6.92 Å². The van der Waals surface area contributed by atoms with Gasteiger partial charge in [-0.3, -0.25) is 4.68 Å². The Hall–Kier alpha value is -1.88. The standard InChI is InChI=1S/C16H24N4O/c1-4-9-17-15(16-12-18-19-20(16)3)8-10-21-14-7-5-6-13(2)11-14/h5-7,11-12,15,17H,4,8-10H2,1-3H3. The largest absolute Gasteiger partial charge is 0.494 e. The van der Waals surface area contributed by atoms with E-state index in [2.05, 4.69) is 41.6 Å². The van der Waals surface area contributed by atoms with Crippen molar-refractivity contribution in [3.05, 3.63) is 41.7 Å². The van der Waals surface area contributed by atoms with Crippen molar-refractivity contribution in [3.8, 4) is 5.75 Å². The summed E-state index contributed by atoms with van der Waals surface area (Å²) in [5.41, 5.74) is 2.31. The van der Waals surface area contributed by atoms with Crippen molar-refractivity contribution in [1.29, 1.82) is 0 Å². The molecule has 0 fully saturated rings. The van der Waals surface area contributed by atoms with Gasteiger partial charge in [0.05, 0.1) is 24.5 Å². The topological polar surface area (TPSA) is 52.0 Å². The molecular formula is C16H24N4O. The van der Waals surface area contributed by atoms with E-state index >= 15 is 0 Å². The smallest absolute Gasteiger partial charge is 0.119 e. The van der Waals surface area contributed by atoms with Crippen molar-refractivity contribution in [1.82, 2.24) is 20.3 Å². The van der Waals surface area contributed by atoms with Crippen LogP contribution >= 0.6 is 0 Å². The molecule has 1 atom stereocenters. The molecule has 5 nitrogen and oxygen atoms in total. The Balaban J connectivity index is 1.91. The third-order valence-corrected chi connectivity index (χ3v) is 3.41. The number of hydrogen-bond acceptors (Lipinski definition) is 4. The Morgan fingerprint density at radius 3 is 2.90 bits per heavy atom. The summed E-state index contributed by atoms with van der Waals surface area (Å²) in [5.74, 6) is 0.923. The van der Waals surface area contributed by atoms with Gasteiger partial charge in [-0.1, -0.05) is 24.3 Å². The van der Waals surface area contributed by atoms with Crippen LogP contribution < -0.4 is 10.1 Å². The van der Waals surface area contributed by atoms with Crippen LogP contribution in [0.4, 0.5) is 0 Å². The number of aryl methyl sites for hydroxylation is 2. The zero-order valence-corrected chi connectivity index (χ0v) is 13.0. The summed E-state index contributed by atoms with van der Waals surface area (Å²) >= 11 is 0. The van der Waals surface area contributed by atoms with Gasteiger partial charge >= 0.3 is 0 Å². The van der Waals surface area contributed by atoms with E-state index in [-0.39, 0.29) is 6.04 Å². The van der Waals surface area contributed by atoms with Gasteiger partial charge in [-0.2, -0.15) is 0 Å². The van der Waals surface area contributed by atoms with Crippen molar-refractivity contribution in [2.24, 2.45) is 7.05 Å². The lowest BCUT2D eigenvalue weighted by Crippen LogP contribution is -2.26. The first-order chi connectivity index (χ1) is 10.2. The number of rotatable bonds is 8. The Labute approximate surface area is 126 Å². The van der Waals surface area contributed by atoms with E-state index in [1.165, 1.54) is 5.56 Å². The second kappa shape index (κ2) is 7.78. The maximum absolute atomic E-state index is 5.85. The van der Waals surface area contributed by atoms with Gasteiger partial charge in [0.1, 0.15) is 5.75 Å². The fraction of sp³-hybridized carbons (Fsp3) is 0.500. The van der Waals surface area contributed by atoms with Crippen LogP contribution in [-0.4, -0.2) is 28.1 Å². The van der Waals surface area contributed by atoms with Gasteiger partial charge in [0, 0.05) is 13.5 Å². The SMILES string of the molecule is CCCNC(CCOc1cccc(C)c1)c1cnnn1C. The first kappa shape index (κ1) is 15.5. The van der Waals surface area contributed by atoms with E-state index in [0.717, 1.165) is 30.8 Å². The molecular weight excluding hydrogens is 264 g/mol. The summed E-state index contributed by atoms with van der Waals surface area (Å²) in [4.78, 5) is 0. The molecule has 1 aromatic carbocycles. The monoisotopic (exact) mass is 288 g/mol. The molecule has 2 rings (SSSR count). The maximum atomic E-state index is 5.85. The third-order valence-electron chi connectivity index (χ3n) is 3.41. The average molecular weight is 288 g/mol. The van der Waals surface area contributed by atoms with Crippen molar-refractivity contribution >= 4 is 0 Å². The van der Waals surface area contributed by atoms with E-state index < -0.39 is 0 Å². The maximum Gasteiger partial charge on any atom is 0.119 e. The minimum Gasteiger partial charge on any atom is -0.494 e. The van der Waals surface area contributed by atoms with Crippen LogP contribution in [0.5, 0.6) is 5.75 Å². The molecule has 0 radical (unpaired) electrons. The molecule has 0 aliphatic rings. The lowest BCUT2D eigenvalue weighted by Gasteiger charge is -2.18. The molecule has 0 saturated carbocycles. The molecule has 114 valence electrons. The number of aromatic nitrogens is 3. The zero-order chi connectivity index (χ0) is 15.1. The predicted octanol–water partition coefficient (Wildman–Crippen LogP) is 2.63. The van der Waals surface area contributed by atoms with Crippen LogP contribution in [0.15, 0.2) is 30.5 Å². The summed E-state index contributed by atoms with van der Waals surface area (Å²) in [5, 5.41) is 11.5. The zero-order valence-electron chi connectivity index (χ0n) is 13.0. The summed E-state index contributed by atoms with van der Waals surface area (Å²) in [6.45, 7) is 5.87. The Morgan fingerprint density at radius 2 is 2.24 bits per heavy atom. The minimum absolute atomic E-state index is 0.217. The van der Waals surface area contributed by atoms with Gasteiger partial charge in [0.25, 0.3) is 0 Å². The highest BCUT2D eigenvalue weighted by atomic mass is 16.5. The van der Waals surface area contributed by atoms with Gasteiger partial charge < -0.3 is 10.1 Å². The van der Waals surface area contributed by atoms with E-state index in [0.29, 0.717) is 6.61 Å². The van der Waals surface area contributed by atoms with Gasteiger partial charge in [-0.15, -0.1) is 5.10 Å². The quantitative estimate of drug-likeness (QED) is 0.811. The Kier molecular flexibility index (Phi) is 5.75. The lowest BCUT2D eigenvalue weighted by atomic mass is 10.1. The van der Waals surface area contributed by atoms with Gasteiger partial charge in [0.2, 0.25) is 0 Å². The minimum atomic E-state index is 0.217. The Morgan fingerprint density at radius 1 is 1.38 bits per heavy atom. The van der Waals surface area contributed by atoms with Crippen LogP contribution in [0.2, 0.25) is 0 Å². The molecule has 0 aliphatic carbocycles. The van der Waals surface area contributed by atoms with Gasteiger partial charge in [-0.05, 0) is 37.6 Å². The molecule has 1 N–H and O–H groups in total. The molecule has 1 heterocycles. The highest BCUT2D eigenvalue weighted by molar-refractivity contribution is 5.27. The highest BCUT2D eigenvalue weighted by Crippen LogP contribution is 2.17. The van der Waals surface area contributed by atoms with E-state index in [1.54, 1.807) is 0 Å². The number of hydrogen-bond donors (Lipinski definition) is 1. The summed E-state index contributed by atoms with van der Waals surface area (Å²) in [6.07, 6.45) is 3.80. The summed E-state index contributed by atoms with van der Waals surface area (Å²) < 4.78 is 7.66. The first-order valence-electron chi connectivity index (χ1n) is 7.48. The first-order valence-corrected chi connectivity index (χ1v) is 7.48. The van der Waals surface area contributed by atoms with Gasteiger partial charge in [-0.25, -0.2) is 0 Å². The van der Waals surface area contributed by atoms with Crippen molar-refractivity contribution < 1.29 is 4.74 Å². The number of nitrogens with zero attached hydrogens (tertiary/aromatic N) is 3. The fourth-order valence-corrected chi connectivity index (χ4v) is 2.29. The molecule has 1 aromatic heterocycles. The normalized spacial score (nSPS) is 12.3. The number of benzene rings is 1. The lowest BCUT2D eigenvalue weighted by molar-refractivity contribution is 0.283. The van der Waals surface area contributed by atoms with Gasteiger partial charge in [0.15, 0.2) is 0 Å². The molecule has 0 spiro atoms. The van der Waals surface area contributed by atoms with E-state index in [1.807, 2.05) is 30.1 Å². The van der Waals surface area contributed by atoms with Crippen LogP contribution in [-0.2, 0) is 7.05 Å². The van der Waals surface area contributed by atoms with E-state index in [4.69, 9.17) is 4.74 Å². The molecule has 2 aromatic rings. The second-order valence-corrected chi connectivity index (χ2v) is 5.24. The highest BCUT2D eigenvalue weighted by Gasteiger charge is 2.15. The summed E-state index contributed by atoms with van der Waals surface area (Å²) in [7, 11) is 1.92. The predicted molar refractivity (Wildman–Crippen MR) is 83.3 cm³/mol. The van der Waals surface area contributed by atoms with Crippen LogP contribution in [0.1, 0.15) is 37.1 Å². The Bertz CT molecular complexity index is 553. The number of nitrogens with one attached hydrogen (secondary N) is 1. The van der Waals surface area contributed by atoms with Crippen molar-refractivity contribution in [2.45, 2.75) is 32.7 Å². The molecule has 21 heavy (non-hydrogen) atoms. The molecule has 1 unspecified atom stereocenters. The average Bonchev–Trinajstić information content (AvgIpc) is 2.89.